The van der Waals surface area contributed by atoms with Crippen molar-refractivity contribution in [3.63, 3.8) is 0 Å². The summed E-state index contributed by atoms with van der Waals surface area (Å²) < 4.78 is 13.2. The van der Waals surface area contributed by atoms with Gasteiger partial charge in [-0.2, -0.15) is 0 Å². The molecule has 0 saturated heterocycles. The molecule has 0 heterocycles. The van der Waals surface area contributed by atoms with Crippen molar-refractivity contribution in [2.24, 2.45) is 5.92 Å². The van der Waals surface area contributed by atoms with Gasteiger partial charge in [-0.05, 0) is 37.0 Å². The van der Waals surface area contributed by atoms with E-state index in [2.05, 4.69) is 0 Å². The van der Waals surface area contributed by atoms with E-state index in [0.29, 0.717) is 18.6 Å². The Morgan fingerprint density at radius 3 is 2.88 bits per heavy atom. The summed E-state index contributed by atoms with van der Waals surface area (Å²) in [4.78, 5) is 11.6. The molecule has 0 spiro atoms. The Balaban J connectivity index is 2.08. The van der Waals surface area contributed by atoms with Crippen LogP contribution in [0.15, 0.2) is 18.2 Å². The fourth-order valence-corrected chi connectivity index (χ4v) is 2.34. The number of rotatable bonds is 2. The summed E-state index contributed by atoms with van der Waals surface area (Å²) in [6.07, 6.45) is 4.37. The molecule has 1 nitrogen and oxygen atoms in total. The SMILES string of the molecule is O=C1CCCCC1Cc1ccc(Cl)c(F)c1. The molecule has 0 N–H and O–H groups in total. The molecular weight excluding hydrogens is 227 g/mol. The molecule has 0 aliphatic heterocycles. The van der Waals surface area contributed by atoms with Gasteiger partial charge in [-0.3, -0.25) is 4.79 Å². The third-order valence-corrected chi connectivity index (χ3v) is 3.45. The van der Waals surface area contributed by atoms with Crippen LogP contribution in [-0.4, -0.2) is 5.78 Å². The van der Waals surface area contributed by atoms with Crippen LogP contribution in [0.2, 0.25) is 5.02 Å². The molecule has 3 heteroatoms. The topological polar surface area (TPSA) is 17.1 Å². The smallest absolute Gasteiger partial charge is 0.142 e. The van der Waals surface area contributed by atoms with Gasteiger partial charge < -0.3 is 0 Å². The zero-order valence-electron chi connectivity index (χ0n) is 9.01. The van der Waals surface area contributed by atoms with Gasteiger partial charge in [0.1, 0.15) is 11.6 Å². The molecule has 1 unspecified atom stereocenters. The number of hydrogen-bond acceptors (Lipinski definition) is 1. The van der Waals surface area contributed by atoms with E-state index in [9.17, 15) is 9.18 Å². The van der Waals surface area contributed by atoms with Crippen molar-refractivity contribution >= 4 is 17.4 Å². The lowest BCUT2D eigenvalue weighted by atomic mass is 9.84. The summed E-state index contributed by atoms with van der Waals surface area (Å²) in [5.74, 6) is -0.00152. The van der Waals surface area contributed by atoms with Crippen LogP contribution in [0.5, 0.6) is 0 Å². The van der Waals surface area contributed by atoms with E-state index in [0.717, 1.165) is 24.8 Å². The van der Waals surface area contributed by atoms with Gasteiger partial charge in [0.2, 0.25) is 0 Å². The molecule has 0 aromatic heterocycles. The Morgan fingerprint density at radius 2 is 2.19 bits per heavy atom. The van der Waals surface area contributed by atoms with Gasteiger partial charge in [0.15, 0.2) is 0 Å². The summed E-state index contributed by atoms with van der Waals surface area (Å²) in [5.41, 5.74) is 0.863. The van der Waals surface area contributed by atoms with Gasteiger partial charge in [-0.15, -0.1) is 0 Å². The number of Topliss-reactive ketones (excluding diaryl/α,β-unsaturated/α-hetero) is 1. The highest BCUT2D eigenvalue weighted by molar-refractivity contribution is 6.30. The van der Waals surface area contributed by atoms with Crippen molar-refractivity contribution in [2.45, 2.75) is 32.1 Å². The maximum Gasteiger partial charge on any atom is 0.142 e. The zero-order valence-corrected chi connectivity index (χ0v) is 9.77. The van der Waals surface area contributed by atoms with E-state index in [-0.39, 0.29) is 10.9 Å². The van der Waals surface area contributed by atoms with Crippen LogP contribution in [0.25, 0.3) is 0 Å². The summed E-state index contributed by atoms with van der Waals surface area (Å²) in [6.45, 7) is 0. The molecule has 0 radical (unpaired) electrons. The summed E-state index contributed by atoms with van der Waals surface area (Å²) in [6, 6.07) is 4.79. The Labute approximate surface area is 99.6 Å². The van der Waals surface area contributed by atoms with Crippen LogP contribution in [0, 0.1) is 11.7 Å². The van der Waals surface area contributed by atoms with Gasteiger partial charge in [0, 0.05) is 12.3 Å². The van der Waals surface area contributed by atoms with Crippen molar-refractivity contribution in [3.8, 4) is 0 Å². The van der Waals surface area contributed by atoms with E-state index in [1.165, 1.54) is 6.07 Å². The third kappa shape index (κ3) is 2.62. The first-order valence-corrected chi connectivity index (χ1v) is 6.01. The number of benzene rings is 1. The molecule has 1 fully saturated rings. The molecule has 1 aromatic rings. The number of hydrogen-bond donors (Lipinski definition) is 0. The molecule has 0 amide bonds. The minimum Gasteiger partial charge on any atom is -0.299 e. The zero-order chi connectivity index (χ0) is 11.5. The molecule has 0 bridgehead atoms. The van der Waals surface area contributed by atoms with E-state index in [1.807, 2.05) is 0 Å². The molecule has 1 saturated carbocycles. The maximum atomic E-state index is 13.2. The van der Waals surface area contributed by atoms with Gasteiger partial charge in [0.05, 0.1) is 5.02 Å². The molecule has 86 valence electrons. The van der Waals surface area contributed by atoms with Crippen molar-refractivity contribution in [3.05, 3.63) is 34.6 Å². The molecule has 1 aromatic carbocycles. The average molecular weight is 241 g/mol. The van der Waals surface area contributed by atoms with Crippen molar-refractivity contribution in [1.82, 2.24) is 0 Å². The second-order valence-corrected chi connectivity index (χ2v) is 4.77. The molecule has 1 aliphatic carbocycles. The van der Waals surface area contributed by atoms with E-state index in [4.69, 9.17) is 11.6 Å². The summed E-state index contributed by atoms with van der Waals surface area (Å²) in [5, 5.41) is 0.138. The van der Waals surface area contributed by atoms with E-state index in [1.54, 1.807) is 12.1 Å². The number of carbonyl (C=O) groups is 1. The van der Waals surface area contributed by atoms with Crippen LogP contribution in [0.4, 0.5) is 4.39 Å². The predicted octanol–water partition coefficient (Wildman–Crippen LogP) is 3.78. The van der Waals surface area contributed by atoms with Crippen molar-refractivity contribution in [2.75, 3.05) is 0 Å². The minimum atomic E-state index is -0.401. The third-order valence-electron chi connectivity index (χ3n) is 3.15. The first kappa shape index (κ1) is 11.6. The molecule has 16 heavy (non-hydrogen) atoms. The fraction of sp³-hybridized carbons (Fsp3) is 0.462. The lowest BCUT2D eigenvalue weighted by molar-refractivity contribution is -0.124. The van der Waals surface area contributed by atoms with Gasteiger partial charge in [0.25, 0.3) is 0 Å². The number of ketones is 1. The number of halogens is 2. The Bertz CT molecular complexity index is 403. The largest absolute Gasteiger partial charge is 0.299 e. The van der Waals surface area contributed by atoms with E-state index >= 15 is 0 Å². The first-order chi connectivity index (χ1) is 7.66. The van der Waals surface area contributed by atoms with Crippen LogP contribution < -0.4 is 0 Å². The van der Waals surface area contributed by atoms with Crippen LogP contribution >= 0.6 is 11.6 Å². The van der Waals surface area contributed by atoms with Crippen LogP contribution in [0.3, 0.4) is 0 Å². The molecule has 1 aliphatic rings. The summed E-state index contributed by atoms with van der Waals surface area (Å²) in [7, 11) is 0. The fourth-order valence-electron chi connectivity index (χ4n) is 2.22. The Hall–Kier alpha value is -0.890. The highest BCUT2D eigenvalue weighted by atomic mass is 35.5. The predicted molar refractivity (Wildman–Crippen MR) is 62.1 cm³/mol. The molecule has 1 atom stereocenters. The van der Waals surface area contributed by atoms with Gasteiger partial charge >= 0.3 is 0 Å². The standard InChI is InChI=1S/C13H14ClFO/c14-11-6-5-9(8-12(11)15)7-10-3-1-2-4-13(10)16/h5-6,8,10H,1-4,7H2. The second kappa shape index (κ2) is 4.96. The lowest BCUT2D eigenvalue weighted by Crippen LogP contribution is -2.21. The molecule has 2 rings (SSSR count). The highest BCUT2D eigenvalue weighted by Crippen LogP contribution is 2.25. The first-order valence-electron chi connectivity index (χ1n) is 5.63. The number of carbonyl (C=O) groups excluding carboxylic acids is 1. The van der Waals surface area contributed by atoms with Gasteiger partial charge in [-0.25, -0.2) is 4.39 Å². The normalized spacial score (nSPS) is 21.1. The average Bonchev–Trinajstić information content (AvgIpc) is 2.27. The second-order valence-electron chi connectivity index (χ2n) is 4.36. The lowest BCUT2D eigenvalue weighted by Gasteiger charge is -2.20. The quantitative estimate of drug-likeness (QED) is 0.769. The van der Waals surface area contributed by atoms with Gasteiger partial charge in [-0.1, -0.05) is 24.1 Å². The summed E-state index contributed by atoms with van der Waals surface area (Å²) >= 11 is 5.61. The Morgan fingerprint density at radius 1 is 1.38 bits per heavy atom. The molecular formula is C13H14ClFO. The van der Waals surface area contributed by atoms with Crippen molar-refractivity contribution < 1.29 is 9.18 Å². The van der Waals surface area contributed by atoms with Crippen molar-refractivity contribution in [1.29, 1.82) is 0 Å². The highest BCUT2D eigenvalue weighted by Gasteiger charge is 2.22. The minimum absolute atomic E-state index is 0.0781. The van der Waals surface area contributed by atoms with Crippen LogP contribution in [0.1, 0.15) is 31.2 Å². The van der Waals surface area contributed by atoms with Crippen LogP contribution in [-0.2, 0) is 11.2 Å². The van der Waals surface area contributed by atoms with E-state index < -0.39 is 5.82 Å². The Kier molecular flexibility index (Phi) is 3.59. The maximum absolute atomic E-state index is 13.2. The monoisotopic (exact) mass is 240 g/mol.